The lowest BCUT2D eigenvalue weighted by Gasteiger charge is -2.19. The van der Waals surface area contributed by atoms with Gasteiger partial charge in [-0.1, -0.05) is 52.7 Å². The maximum absolute atomic E-state index is 3.49. The summed E-state index contributed by atoms with van der Waals surface area (Å²) in [6, 6.07) is 17.4. The molecule has 2 aromatic rings. The number of hydrogen-bond donors (Lipinski definition) is 1. The maximum atomic E-state index is 3.49. The van der Waals surface area contributed by atoms with Crippen LogP contribution < -0.4 is 5.43 Å². The van der Waals surface area contributed by atoms with Crippen LogP contribution in [0.4, 0.5) is 5.69 Å². The summed E-state index contributed by atoms with van der Waals surface area (Å²) in [5, 5.41) is 0. The Bertz CT molecular complexity index is 662. The molecule has 114 valence electrons. The van der Waals surface area contributed by atoms with Gasteiger partial charge in [0.2, 0.25) is 11.9 Å². The predicted molar refractivity (Wildman–Crippen MR) is 94.7 cm³/mol. The molecule has 1 aliphatic rings. The summed E-state index contributed by atoms with van der Waals surface area (Å²) in [5.41, 5.74) is 8.57. The lowest BCUT2D eigenvalue weighted by molar-refractivity contribution is -0.512. The van der Waals surface area contributed by atoms with E-state index in [2.05, 4.69) is 78.7 Å². The van der Waals surface area contributed by atoms with Crippen molar-refractivity contribution in [2.75, 3.05) is 0 Å². The van der Waals surface area contributed by atoms with Gasteiger partial charge in [-0.2, -0.15) is 5.43 Å². The number of fused-ring (bicyclic) bond motifs is 1. The Balaban J connectivity index is 0.000000396. The SMILES string of the molecule is C/C=C\C.Cc1ccc([N+]2=Cc3ccccc3C(C)N2)cc1. The van der Waals surface area contributed by atoms with Gasteiger partial charge in [0.25, 0.3) is 0 Å². The summed E-state index contributed by atoms with van der Waals surface area (Å²) in [6.07, 6.45) is 6.15. The van der Waals surface area contributed by atoms with Crippen molar-refractivity contribution in [2.24, 2.45) is 0 Å². The summed E-state index contributed by atoms with van der Waals surface area (Å²) < 4.78 is 2.10. The number of allylic oxidation sites excluding steroid dienone is 2. The molecule has 2 aromatic carbocycles. The Kier molecular flexibility index (Phi) is 5.54. The lowest BCUT2D eigenvalue weighted by atomic mass is 10.0. The van der Waals surface area contributed by atoms with Crippen LogP contribution in [0.1, 0.15) is 43.5 Å². The van der Waals surface area contributed by atoms with Gasteiger partial charge in [-0.15, -0.1) is 0 Å². The summed E-state index contributed by atoms with van der Waals surface area (Å²) in [7, 11) is 0. The van der Waals surface area contributed by atoms with Crippen molar-refractivity contribution in [2.45, 2.75) is 33.7 Å². The third-order valence-corrected chi connectivity index (χ3v) is 3.71. The molecular formula is C20H25N2+. The Morgan fingerprint density at radius 2 is 1.59 bits per heavy atom. The van der Waals surface area contributed by atoms with Crippen LogP contribution in [0.2, 0.25) is 0 Å². The van der Waals surface area contributed by atoms with Crippen LogP contribution in [-0.2, 0) is 0 Å². The number of aryl methyl sites for hydroxylation is 1. The van der Waals surface area contributed by atoms with E-state index >= 15 is 0 Å². The quantitative estimate of drug-likeness (QED) is 0.582. The predicted octanol–water partition coefficient (Wildman–Crippen LogP) is 4.92. The molecule has 1 unspecified atom stereocenters. The van der Waals surface area contributed by atoms with Crippen LogP contribution in [0.3, 0.4) is 0 Å². The smallest absolute Gasteiger partial charge is 0.185 e. The first-order valence-corrected chi connectivity index (χ1v) is 7.79. The molecule has 2 nitrogen and oxygen atoms in total. The summed E-state index contributed by atoms with van der Waals surface area (Å²) in [4.78, 5) is 0. The highest BCUT2D eigenvalue weighted by Crippen LogP contribution is 2.22. The Morgan fingerprint density at radius 3 is 2.23 bits per heavy atom. The monoisotopic (exact) mass is 293 g/mol. The summed E-state index contributed by atoms with van der Waals surface area (Å²) in [6.45, 7) is 8.29. The van der Waals surface area contributed by atoms with Gasteiger partial charge in [-0.05, 0) is 39.3 Å². The highest BCUT2D eigenvalue weighted by atomic mass is 15.4. The molecule has 1 aliphatic heterocycles. The van der Waals surface area contributed by atoms with E-state index < -0.39 is 0 Å². The minimum absolute atomic E-state index is 0.326. The molecule has 0 amide bonds. The average molecular weight is 293 g/mol. The molecule has 1 atom stereocenters. The highest BCUT2D eigenvalue weighted by Gasteiger charge is 2.22. The third-order valence-electron chi connectivity index (χ3n) is 3.71. The molecule has 0 saturated heterocycles. The van der Waals surface area contributed by atoms with Crippen molar-refractivity contribution in [1.29, 1.82) is 0 Å². The van der Waals surface area contributed by atoms with Gasteiger partial charge in [0, 0.05) is 17.7 Å². The van der Waals surface area contributed by atoms with Crippen LogP contribution in [0, 0.1) is 6.92 Å². The molecule has 0 aliphatic carbocycles. The summed E-state index contributed by atoms with van der Waals surface area (Å²) in [5.74, 6) is 0. The molecule has 1 N–H and O–H groups in total. The Hall–Kier alpha value is -2.35. The molecule has 0 radical (unpaired) electrons. The van der Waals surface area contributed by atoms with E-state index in [9.17, 15) is 0 Å². The van der Waals surface area contributed by atoms with Crippen molar-refractivity contribution in [3.05, 3.63) is 77.4 Å². The van der Waals surface area contributed by atoms with Crippen LogP contribution in [0.15, 0.2) is 60.7 Å². The van der Waals surface area contributed by atoms with Gasteiger partial charge in [-0.3, -0.25) is 0 Å². The molecule has 0 saturated carbocycles. The number of benzene rings is 2. The van der Waals surface area contributed by atoms with Crippen molar-refractivity contribution >= 4 is 11.9 Å². The zero-order valence-electron chi connectivity index (χ0n) is 13.9. The first-order chi connectivity index (χ1) is 10.7. The molecule has 3 rings (SSSR count). The fraction of sp³-hybridized carbons (Fsp3) is 0.250. The van der Waals surface area contributed by atoms with E-state index in [1.54, 1.807) is 0 Å². The van der Waals surface area contributed by atoms with Crippen molar-refractivity contribution in [1.82, 2.24) is 5.43 Å². The number of hydrazone groups is 1. The number of nitrogens with one attached hydrogen (secondary N) is 1. The second-order valence-corrected chi connectivity index (χ2v) is 5.48. The third kappa shape index (κ3) is 3.85. The fourth-order valence-electron chi connectivity index (χ4n) is 2.33. The molecule has 0 aromatic heterocycles. The van der Waals surface area contributed by atoms with Crippen molar-refractivity contribution in [3.8, 4) is 0 Å². The summed E-state index contributed by atoms with van der Waals surface area (Å²) >= 11 is 0. The van der Waals surface area contributed by atoms with Gasteiger partial charge >= 0.3 is 0 Å². The molecule has 0 spiro atoms. The van der Waals surface area contributed by atoms with Gasteiger partial charge in [0.1, 0.15) is 6.04 Å². The van der Waals surface area contributed by atoms with Crippen LogP contribution >= 0.6 is 0 Å². The van der Waals surface area contributed by atoms with Crippen molar-refractivity contribution in [3.63, 3.8) is 0 Å². The van der Waals surface area contributed by atoms with E-state index in [1.807, 2.05) is 26.0 Å². The first kappa shape index (κ1) is 16.0. The zero-order valence-corrected chi connectivity index (χ0v) is 13.9. The second-order valence-electron chi connectivity index (χ2n) is 5.48. The minimum atomic E-state index is 0.326. The molecule has 2 heteroatoms. The average Bonchev–Trinajstić information content (AvgIpc) is 2.56. The van der Waals surface area contributed by atoms with E-state index in [4.69, 9.17) is 0 Å². The van der Waals surface area contributed by atoms with E-state index in [1.165, 1.54) is 22.4 Å². The normalized spacial score (nSPS) is 16.2. The van der Waals surface area contributed by atoms with Crippen LogP contribution in [-0.4, -0.2) is 10.9 Å². The van der Waals surface area contributed by atoms with Crippen LogP contribution in [0.5, 0.6) is 0 Å². The van der Waals surface area contributed by atoms with E-state index in [-0.39, 0.29) is 0 Å². The van der Waals surface area contributed by atoms with Crippen LogP contribution in [0.25, 0.3) is 0 Å². The largest absolute Gasteiger partial charge is 0.235 e. The lowest BCUT2D eigenvalue weighted by Crippen LogP contribution is -2.33. The van der Waals surface area contributed by atoms with E-state index in [0.717, 1.165) is 0 Å². The molecule has 0 fully saturated rings. The highest BCUT2D eigenvalue weighted by molar-refractivity contribution is 5.79. The number of hydrazine groups is 1. The molecular weight excluding hydrogens is 268 g/mol. The standard InChI is InChI=1S/C16H17N2.C4H8/c1-12-7-9-15(10-8-12)18-11-14-5-3-4-6-16(14)13(2)17-18;1-3-4-2/h3-11,13,17H,1-2H3;3-4H,1-2H3/q+1;/b;4-3-. The molecule has 22 heavy (non-hydrogen) atoms. The molecule has 0 bridgehead atoms. The maximum Gasteiger partial charge on any atom is 0.235 e. The Morgan fingerprint density at radius 1 is 0.955 bits per heavy atom. The van der Waals surface area contributed by atoms with Gasteiger partial charge in [0.15, 0.2) is 0 Å². The molecule has 1 heterocycles. The number of nitrogens with zero attached hydrogens (tertiary/aromatic N) is 1. The first-order valence-electron chi connectivity index (χ1n) is 7.79. The second kappa shape index (κ2) is 7.60. The number of hydrogen-bond acceptors (Lipinski definition) is 1. The minimum Gasteiger partial charge on any atom is -0.185 e. The van der Waals surface area contributed by atoms with Crippen molar-refractivity contribution < 1.29 is 4.68 Å². The van der Waals surface area contributed by atoms with Gasteiger partial charge in [-0.25, -0.2) is 0 Å². The zero-order chi connectivity index (χ0) is 15.9. The van der Waals surface area contributed by atoms with Gasteiger partial charge in [0.05, 0.1) is 0 Å². The fourth-order valence-corrected chi connectivity index (χ4v) is 2.33. The number of rotatable bonds is 1. The topological polar surface area (TPSA) is 15.0 Å². The van der Waals surface area contributed by atoms with E-state index in [0.29, 0.717) is 6.04 Å². The van der Waals surface area contributed by atoms with Gasteiger partial charge < -0.3 is 0 Å². The Labute approximate surface area is 133 Å².